The molecule has 0 aromatic heterocycles. The lowest BCUT2D eigenvalue weighted by Crippen LogP contribution is -2.63. The number of carbonyl (C=O) groups is 1. The van der Waals surface area contributed by atoms with Crippen molar-refractivity contribution in [1.29, 1.82) is 0 Å². The van der Waals surface area contributed by atoms with Gasteiger partial charge in [-0.25, -0.2) is 0 Å². The summed E-state index contributed by atoms with van der Waals surface area (Å²) in [7, 11) is 1.64. The molecule has 3 aromatic rings. The number of methoxy groups -OCH3 is 1. The van der Waals surface area contributed by atoms with Crippen molar-refractivity contribution in [1.82, 2.24) is 4.90 Å². The van der Waals surface area contributed by atoms with Gasteiger partial charge in [-0.05, 0) is 35.4 Å². The summed E-state index contributed by atoms with van der Waals surface area (Å²) in [6, 6.07) is 27.3. The summed E-state index contributed by atoms with van der Waals surface area (Å²) < 4.78 is 4.21. The van der Waals surface area contributed by atoms with E-state index in [0.29, 0.717) is 6.54 Å². The molecule has 28 heavy (non-hydrogen) atoms. The molecule has 0 saturated carbocycles. The van der Waals surface area contributed by atoms with Gasteiger partial charge in [-0.15, -0.1) is 0 Å². The molecule has 0 spiro atoms. The van der Waals surface area contributed by atoms with Gasteiger partial charge in [-0.2, -0.15) is 0 Å². The van der Waals surface area contributed by atoms with Crippen LogP contribution in [0.25, 0.3) is 0 Å². The summed E-state index contributed by atoms with van der Waals surface area (Å²) in [4.78, 5) is 16.0. The molecule has 1 amide bonds. The van der Waals surface area contributed by atoms with Crippen molar-refractivity contribution in [2.24, 2.45) is 0 Å². The van der Waals surface area contributed by atoms with E-state index in [4.69, 9.17) is 16.3 Å². The second-order valence-electron chi connectivity index (χ2n) is 6.65. The van der Waals surface area contributed by atoms with Gasteiger partial charge in [-0.1, -0.05) is 84.0 Å². The van der Waals surface area contributed by atoms with E-state index in [2.05, 4.69) is 0 Å². The fourth-order valence-corrected chi connectivity index (χ4v) is 5.28. The van der Waals surface area contributed by atoms with E-state index in [0.717, 1.165) is 21.8 Å². The van der Waals surface area contributed by atoms with Crippen molar-refractivity contribution in [2.45, 2.75) is 21.7 Å². The smallest absolute Gasteiger partial charge is 0.257 e. The number of ether oxygens (including phenoxy) is 1. The molecule has 2 atom stereocenters. The number of nitrogens with zero attached hydrogens (tertiary/aromatic N) is 1. The molecular weight excluding hydrogens is 390 g/mol. The lowest BCUT2D eigenvalue weighted by Gasteiger charge is -2.52. The molecule has 3 aromatic carbocycles. The van der Waals surface area contributed by atoms with Crippen LogP contribution in [0.15, 0.2) is 89.8 Å². The van der Waals surface area contributed by atoms with Crippen LogP contribution in [0.3, 0.4) is 0 Å². The SMILES string of the molecule is COc1ccc([C@H]2N(Cc3ccccc3)C(=O)[C@@]2(Cl)Sc2ccccc2)cc1. The molecule has 5 heteroatoms. The van der Waals surface area contributed by atoms with E-state index in [1.807, 2.05) is 89.8 Å². The lowest BCUT2D eigenvalue weighted by molar-refractivity contribution is -0.148. The third kappa shape index (κ3) is 3.50. The maximum absolute atomic E-state index is 13.1. The van der Waals surface area contributed by atoms with E-state index < -0.39 is 4.21 Å². The first-order chi connectivity index (χ1) is 13.6. The molecule has 0 aliphatic carbocycles. The van der Waals surface area contributed by atoms with Crippen LogP contribution in [0.5, 0.6) is 5.75 Å². The zero-order valence-electron chi connectivity index (χ0n) is 15.4. The average Bonchev–Trinajstić information content (AvgIpc) is 2.75. The first kappa shape index (κ1) is 18.9. The summed E-state index contributed by atoms with van der Waals surface area (Å²) in [5.41, 5.74) is 2.08. The van der Waals surface area contributed by atoms with Crippen molar-refractivity contribution in [3.05, 3.63) is 96.1 Å². The van der Waals surface area contributed by atoms with Crippen LogP contribution in [0.4, 0.5) is 0 Å². The Hall–Kier alpha value is -2.43. The summed E-state index contributed by atoms with van der Waals surface area (Å²) in [5, 5.41) is 0. The molecule has 0 radical (unpaired) electrons. The Labute approximate surface area is 174 Å². The Morgan fingerprint density at radius 2 is 1.57 bits per heavy atom. The van der Waals surface area contributed by atoms with Gasteiger partial charge in [0.1, 0.15) is 5.75 Å². The maximum atomic E-state index is 13.1. The molecule has 1 saturated heterocycles. The monoisotopic (exact) mass is 409 g/mol. The van der Waals surface area contributed by atoms with Crippen molar-refractivity contribution >= 4 is 29.3 Å². The minimum absolute atomic E-state index is 0.0623. The summed E-state index contributed by atoms with van der Waals surface area (Å²) in [6.45, 7) is 0.528. The highest BCUT2D eigenvalue weighted by atomic mass is 35.5. The maximum Gasteiger partial charge on any atom is 0.257 e. The van der Waals surface area contributed by atoms with Crippen molar-refractivity contribution in [3.8, 4) is 5.75 Å². The van der Waals surface area contributed by atoms with Crippen molar-refractivity contribution in [2.75, 3.05) is 7.11 Å². The highest BCUT2D eigenvalue weighted by Gasteiger charge is 2.61. The third-order valence-corrected chi connectivity index (χ3v) is 6.66. The standard InChI is InChI=1S/C23H20ClNO2S/c1-27-19-14-12-18(13-15-19)21-23(24,28-20-10-6-3-7-11-20)22(26)25(21)16-17-8-4-2-5-9-17/h2-15,21H,16H2,1H3/t21-,23+/m1/s1. The van der Waals surface area contributed by atoms with Crippen molar-refractivity contribution in [3.63, 3.8) is 0 Å². The van der Waals surface area contributed by atoms with E-state index in [1.54, 1.807) is 7.11 Å². The van der Waals surface area contributed by atoms with Crippen LogP contribution in [0.1, 0.15) is 17.2 Å². The molecule has 3 nitrogen and oxygen atoms in total. The molecule has 0 bridgehead atoms. The quantitative estimate of drug-likeness (QED) is 0.397. The second kappa shape index (κ2) is 7.90. The van der Waals surface area contributed by atoms with Crippen LogP contribution in [0.2, 0.25) is 0 Å². The van der Waals surface area contributed by atoms with Crippen molar-refractivity contribution < 1.29 is 9.53 Å². The predicted octanol–water partition coefficient (Wildman–Crippen LogP) is 5.51. The van der Waals surface area contributed by atoms with Crippen LogP contribution in [-0.4, -0.2) is 22.1 Å². The molecule has 142 valence electrons. The van der Waals surface area contributed by atoms with E-state index in [9.17, 15) is 4.79 Å². The fraction of sp³-hybridized carbons (Fsp3) is 0.174. The van der Waals surface area contributed by atoms with Gasteiger partial charge in [0.15, 0.2) is 4.21 Å². The highest BCUT2D eigenvalue weighted by Crippen LogP contribution is 2.57. The van der Waals surface area contributed by atoms with Crippen LogP contribution in [0, 0.1) is 0 Å². The van der Waals surface area contributed by atoms with Crippen LogP contribution < -0.4 is 4.74 Å². The van der Waals surface area contributed by atoms with Gasteiger partial charge < -0.3 is 9.64 Å². The number of rotatable bonds is 6. The number of alkyl halides is 1. The first-order valence-electron chi connectivity index (χ1n) is 9.04. The van der Waals surface area contributed by atoms with Gasteiger partial charge >= 0.3 is 0 Å². The van der Waals surface area contributed by atoms with Gasteiger partial charge in [0, 0.05) is 11.4 Å². The molecule has 1 aliphatic rings. The minimum Gasteiger partial charge on any atom is -0.497 e. The minimum atomic E-state index is -1.06. The fourth-order valence-electron chi connectivity index (χ4n) is 3.45. The molecule has 1 aliphatic heterocycles. The lowest BCUT2D eigenvalue weighted by atomic mass is 9.91. The molecule has 1 heterocycles. The normalized spacial score (nSPS) is 21.3. The number of amides is 1. The Morgan fingerprint density at radius 1 is 0.964 bits per heavy atom. The van der Waals surface area contributed by atoms with Gasteiger partial charge in [0.05, 0.1) is 13.2 Å². The summed E-state index contributed by atoms with van der Waals surface area (Å²) >= 11 is 8.38. The first-order valence-corrected chi connectivity index (χ1v) is 10.2. The van der Waals surface area contributed by atoms with E-state index in [-0.39, 0.29) is 11.9 Å². The zero-order chi connectivity index (χ0) is 19.6. The van der Waals surface area contributed by atoms with Crippen LogP contribution >= 0.6 is 23.4 Å². The van der Waals surface area contributed by atoms with Gasteiger partial charge in [0.2, 0.25) is 0 Å². The number of hydrogen-bond donors (Lipinski definition) is 0. The second-order valence-corrected chi connectivity index (χ2v) is 8.79. The number of carbonyl (C=O) groups excluding carboxylic acids is 1. The molecule has 1 fully saturated rings. The van der Waals surface area contributed by atoms with E-state index in [1.165, 1.54) is 11.8 Å². The topological polar surface area (TPSA) is 29.5 Å². The van der Waals surface area contributed by atoms with Crippen LogP contribution in [-0.2, 0) is 11.3 Å². The zero-order valence-corrected chi connectivity index (χ0v) is 17.0. The molecule has 0 N–H and O–H groups in total. The Kier molecular flexibility index (Phi) is 5.33. The summed E-state index contributed by atoms with van der Waals surface area (Å²) in [6.07, 6.45) is 0. The number of hydrogen-bond acceptors (Lipinski definition) is 3. The molecular formula is C23H20ClNO2S. The average molecular weight is 410 g/mol. The van der Waals surface area contributed by atoms with E-state index >= 15 is 0 Å². The number of thioether (sulfide) groups is 1. The Bertz CT molecular complexity index is 949. The number of halogens is 1. The largest absolute Gasteiger partial charge is 0.497 e. The van der Waals surface area contributed by atoms with Gasteiger partial charge in [0.25, 0.3) is 5.91 Å². The number of β-lactam (4-membered cyclic amide) rings is 1. The third-order valence-electron chi connectivity index (χ3n) is 4.85. The number of likely N-dealkylation sites (tertiary alicyclic amines) is 1. The molecule has 0 unspecified atom stereocenters. The highest BCUT2D eigenvalue weighted by molar-refractivity contribution is 8.03. The Morgan fingerprint density at radius 3 is 2.18 bits per heavy atom. The summed E-state index contributed by atoms with van der Waals surface area (Å²) in [5.74, 6) is 0.715. The Balaban J connectivity index is 1.67. The number of benzene rings is 3. The van der Waals surface area contributed by atoms with Gasteiger partial charge in [-0.3, -0.25) is 4.79 Å². The predicted molar refractivity (Wildman–Crippen MR) is 114 cm³/mol. The molecule has 4 rings (SSSR count).